The molecule has 220 valence electrons. The first-order valence-corrected chi connectivity index (χ1v) is 15.0. The number of anilines is 2. The molecule has 0 saturated carbocycles. The minimum absolute atomic E-state index is 0.273. The van der Waals surface area contributed by atoms with Crippen LogP contribution in [0.2, 0.25) is 0 Å². The second kappa shape index (κ2) is 14.6. The number of benzene rings is 2. The fourth-order valence-electron chi connectivity index (χ4n) is 4.74. The van der Waals surface area contributed by atoms with Crippen molar-refractivity contribution in [2.75, 3.05) is 37.9 Å². The lowest BCUT2D eigenvalue weighted by Crippen LogP contribution is -2.32. The van der Waals surface area contributed by atoms with Gasteiger partial charge in [-0.05, 0) is 72.9 Å². The van der Waals surface area contributed by atoms with Crippen molar-refractivity contribution in [2.45, 2.75) is 40.2 Å². The quantitative estimate of drug-likeness (QED) is 0.230. The maximum absolute atomic E-state index is 13.0. The van der Waals surface area contributed by atoms with Crippen molar-refractivity contribution in [1.29, 1.82) is 0 Å². The molecule has 2 amide bonds. The van der Waals surface area contributed by atoms with E-state index in [0.29, 0.717) is 22.5 Å². The third-order valence-corrected chi connectivity index (χ3v) is 7.80. The number of aryl methyl sites for hydroxylation is 1. The Morgan fingerprint density at radius 1 is 0.929 bits per heavy atom. The van der Waals surface area contributed by atoms with Crippen molar-refractivity contribution in [2.24, 2.45) is 0 Å². The fourth-order valence-corrected chi connectivity index (χ4v) is 5.50. The summed E-state index contributed by atoms with van der Waals surface area (Å²) in [5.74, 6) is 0.966. The topological polar surface area (TPSA) is 92.8 Å². The van der Waals surface area contributed by atoms with Crippen molar-refractivity contribution >= 4 is 34.5 Å². The number of fused-ring (bicyclic) bond motifs is 1. The molecule has 8 nitrogen and oxygen atoms in total. The maximum atomic E-state index is 13.0. The molecule has 42 heavy (non-hydrogen) atoms. The molecule has 2 aromatic heterocycles. The van der Waals surface area contributed by atoms with E-state index in [1.807, 2.05) is 45.0 Å². The molecule has 0 aliphatic carbocycles. The van der Waals surface area contributed by atoms with Crippen LogP contribution in [-0.2, 0) is 19.4 Å². The smallest absolute Gasteiger partial charge is 0.258 e. The zero-order valence-electron chi connectivity index (χ0n) is 24.8. The van der Waals surface area contributed by atoms with Gasteiger partial charge in [-0.1, -0.05) is 26.0 Å². The summed E-state index contributed by atoms with van der Waals surface area (Å²) in [5.41, 5.74) is 6.66. The van der Waals surface area contributed by atoms with E-state index in [1.54, 1.807) is 37.1 Å². The van der Waals surface area contributed by atoms with Crippen molar-refractivity contribution in [3.8, 4) is 11.5 Å². The highest BCUT2D eigenvalue weighted by molar-refractivity contribution is 7.08. The number of carbonyl (C=O) groups is 2. The monoisotopic (exact) mass is 586 g/mol. The van der Waals surface area contributed by atoms with Crippen molar-refractivity contribution in [1.82, 2.24) is 9.88 Å². The normalized spacial score (nSPS) is 12.4. The molecule has 0 atom stereocenters. The van der Waals surface area contributed by atoms with E-state index in [-0.39, 0.29) is 11.8 Å². The summed E-state index contributed by atoms with van der Waals surface area (Å²) in [6.07, 6.45) is 3.41. The van der Waals surface area contributed by atoms with Crippen LogP contribution in [0.25, 0.3) is 0 Å². The highest BCUT2D eigenvalue weighted by atomic mass is 32.1. The van der Waals surface area contributed by atoms with Crippen LogP contribution in [0.1, 0.15) is 56.9 Å². The Labute approximate surface area is 251 Å². The average Bonchev–Trinajstić information content (AvgIpc) is 3.49. The number of pyridine rings is 1. The molecule has 2 aromatic carbocycles. The Hall–Kier alpha value is -4.21. The molecule has 1 aliphatic rings. The van der Waals surface area contributed by atoms with E-state index in [0.717, 1.165) is 49.7 Å². The number of thiophene rings is 1. The van der Waals surface area contributed by atoms with Gasteiger partial charge < -0.3 is 20.1 Å². The second-order valence-electron chi connectivity index (χ2n) is 9.74. The Bertz CT molecular complexity index is 1500. The number of ether oxygens (including phenoxy) is 2. The number of methoxy groups -OCH3 is 2. The minimum atomic E-state index is -0.305. The van der Waals surface area contributed by atoms with E-state index in [9.17, 15) is 9.59 Å². The van der Waals surface area contributed by atoms with Gasteiger partial charge in [0.05, 0.1) is 31.0 Å². The zero-order valence-corrected chi connectivity index (χ0v) is 25.6. The van der Waals surface area contributed by atoms with Crippen molar-refractivity contribution in [3.63, 3.8) is 0 Å². The van der Waals surface area contributed by atoms with Crippen LogP contribution >= 0.6 is 11.3 Å². The molecule has 0 saturated heterocycles. The van der Waals surface area contributed by atoms with E-state index in [1.165, 1.54) is 34.2 Å². The molecule has 5 rings (SSSR count). The van der Waals surface area contributed by atoms with Gasteiger partial charge in [0.1, 0.15) is 0 Å². The van der Waals surface area contributed by atoms with Gasteiger partial charge in [-0.25, -0.2) is 0 Å². The lowest BCUT2D eigenvalue weighted by atomic mass is 9.98. The van der Waals surface area contributed by atoms with E-state index >= 15 is 0 Å². The van der Waals surface area contributed by atoms with Crippen molar-refractivity contribution < 1.29 is 19.1 Å². The van der Waals surface area contributed by atoms with Gasteiger partial charge in [0, 0.05) is 48.0 Å². The highest BCUT2D eigenvalue weighted by Crippen LogP contribution is 2.33. The predicted octanol–water partition coefficient (Wildman–Crippen LogP) is 6.60. The first kappa shape index (κ1) is 30.7. The minimum Gasteiger partial charge on any atom is -0.493 e. The summed E-state index contributed by atoms with van der Waals surface area (Å²) in [6.45, 7) is 8.67. The Kier molecular flexibility index (Phi) is 10.7. The molecule has 3 heterocycles. The van der Waals surface area contributed by atoms with E-state index in [2.05, 4.69) is 32.7 Å². The largest absolute Gasteiger partial charge is 0.493 e. The van der Waals surface area contributed by atoms with Crippen LogP contribution in [0.4, 0.5) is 11.4 Å². The Morgan fingerprint density at radius 3 is 2.31 bits per heavy atom. The van der Waals surface area contributed by atoms with E-state index < -0.39 is 0 Å². The third kappa shape index (κ3) is 7.54. The number of rotatable bonds is 9. The van der Waals surface area contributed by atoms with Crippen LogP contribution in [0.15, 0.2) is 65.5 Å². The number of amides is 2. The summed E-state index contributed by atoms with van der Waals surface area (Å²) < 4.78 is 10.9. The summed E-state index contributed by atoms with van der Waals surface area (Å²) in [7, 11) is 3.33. The number of carbonyl (C=O) groups excluding carboxylic acids is 2. The lowest BCUT2D eigenvalue weighted by molar-refractivity contribution is 0.102. The molecule has 1 aliphatic heterocycles. The first-order chi connectivity index (χ1) is 20.4. The molecule has 0 bridgehead atoms. The highest BCUT2D eigenvalue weighted by Gasteiger charge is 2.20. The van der Waals surface area contributed by atoms with Gasteiger partial charge >= 0.3 is 0 Å². The fraction of sp³-hybridized carbons (Fsp3) is 0.303. The van der Waals surface area contributed by atoms with Gasteiger partial charge in [-0.15, -0.1) is 11.3 Å². The molecule has 0 fully saturated rings. The standard InChI is InChI=1S/C31H32N4O4S.C2H6/c1-20-4-7-23(16-32-20)30(36)34-27-19-40-18-26(27)31(37)33-25-8-5-21(6-9-25)10-12-35-13-11-22-14-28(38-2)29(39-3)15-24(22)17-35;1-2/h4-9,14-16,18-19H,10-13,17H2,1-3H3,(H,33,37)(H,34,36);1-2H3. The van der Waals surface area contributed by atoms with Crippen LogP contribution in [0, 0.1) is 6.92 Å². The number of aromatic nitrogens is 1. The van der Waals surface area contributed by atoms with Gasteiger partial charge in [0.15, 0.2) is 11.5 Å². The van der Waals surface area contributed by atoms with Gasteiger partial charge in [-0.3, -0.25) is 19.5 Å². The van der Waals surface area contributed by atoms with Crippen molar-refractivity contribution in [3.05, 3.63) is 99.0 Å². The predicted molar refractivity (Wildman–Crippen MR) is 169 cm³/mol. The zero-order chi connectivity index (χ0) is 30.1. The molecule has 0 spiro atoms. The number of hydrogen-bond donors (Lipinski definition) is 2. The summed E-state index contributed by atoms with van der Waals surface area (Å²) >= 11 is 1.36. The lowest BCUT2D eigenvalue weighted by Gasteiger charge is -2.29. The number of hydrogen-bond acceptors (Lipinski definition) is 7. The average molecular weight is 587 g/mol. The Balaban J connectivity index is 0.00000198. The third-order valence-electron chi connectivity index (χ3n) is 7.05. The SMILES string of the molecule is CC.COc1cc2c(cc1OC)CN(CCc1ccc(NC(=O)c3cscc3NC(=O)c3ccc(C)nc3)cc1)CC2. The van der Waals surface area contributed by atoms with Crippen LogP contribution in [-0.4, -0.2) is 49.0 Å². The molecule has 4 aromatic rings. The van der Waals surface area contributed by atoms with Crippen LogP contribution < -0.4 is 20.1 Å². The summed E-state index contributed by atoms with van der Waals surface area (Å²) in [4.78, 5) is 32.2. The van der Waals surface area contributed by atoms with Gasteiger partial charge in [0.25, 0.3) is 11.8 Å². The number of nitrogens with zero attached hydrogens (tertiary/aromatic N) is 2. The molecule has 2 N–H and O–H groups in total. The molecular weight excluding hydrogens is 548 g/mol. The van der Waals surface area contributed by atoms with Gasteiger partial charge in [-0.2, -0.15) is 0 Å². The molecular formula is C33H38N4O4S. The molecule has 0 unspecified atom stereocenters. The van der Waals surface area contributed by atoms with Crippen LogP contribution in [0.5, 0.6) is 11.5 Å². The summed E-state index contributed by atoms with van der Waals surface area (Å²) in [6, 6.07) is 15.6. The molecule has 0 radical (unpaired) electrons. The first-order valence-electron chi connectivity index (χ1n) is 14.1. The second-order valence-corrected chi connectivity index (χ2v) is 10.5. The van der Waals surface area contributed by atoms with E-state index in [4.69, 9.17) is 9.47 Å². The maximum Gasteiger partial charge on any atom is 0.258 e. The Morgan fingerprint density at radius 2 is 1.64 bits per heavy atom. The number of nitrogens with one attached hydrogen (secondary N) is 2. The molecule has 9 heteroatoms. The van der Waals surface area contributed by atoms with Gasteiger partial charge in [0.2, 0.25) is 0 Å². The van der Waals surface area contributed by atoms with Crippen LogP contribution in [0.3, 0.4) is 0 Å². The summed E-state index contributed by atoms with van der Waals surface area (Å²) in [5, 5.41) is 9.25.